The van der Waals surface area contributed by atoms with Crippen molar-refractivity contribution in [3.8, 4) is 0 Å². The van der Waals surface area contributed by atoms with Crippen LogP contribution in [0.4, 0.5) is 13.2 Å². The second-order valence-electron chi connectivity index (χ2n) is 2.13. The van der Waals surface area contributed by atoms with Crippen molar-refractivity contribution in [1.29, 1.82) is 0 Å². The van der Waals surface area contributed by atoms with E-state index in [1.54, 1.807) is 6.92 Å². The van der Waals surface area contributed by atoms with E-state index in [2.05, 4.69) is 9.97 Å². The maximum absolute atomic E-state index is 12.0. The molecule has 0 saturated heterocycles. The molecule has 0 fully saturated rings. The molecule has 0 bridgehead atoms. The summed E-state index contributed by atoms with van der Waals surface area (Å²) in [5.74, 6) is 0.182. The molecule has 0 aromatic carbocycles. The molecule has 0 aliphatic heterocycles. The lowest BCUT2D eigenvalue weighted by atomic mass is 10.3. The fraction of sp³-hybridized carbons (Fsp3) is 0.429. The highest BCUT2D eigenvalue weighted by Crippen LogP contribution is 2.26. The first-order valence-electron chi connectivity index (χ1n) is 3.35. The molecule has 0 atom stereocenters. The zero-order valence-electron chi connectivity index (χ0n) is 6.31. The Morgan fingerprint density at radius 2 is 2.17 bits per heavy atom. The minimum atomic E-state index is -4.42. The maximum atomic E-state index is 12.0. The molecule has 1 heterocycles. The van der Waals surface area contributed by atoms with Gasteiger partial charge in [-0.3, -0.25) is 0 Å². The van der Waals surface area contributed by atoms with Gasteiger partial charge in [-0.05, 0) is 0 Å². The summed E-state index contributed by atoms with van der Waals surface area (Å²) in [7, 11) is 0. The van der Waals surface area contributed by atoms with E-state index >= 15 is 0 Å². The SMILES string of the molecule is CCc1nc[c]c(C(F)(F)F)n1. The third-order valence-corrected chi connectivity index (χ3v) is 1.24. The van der Waals surface area contributed by atoms with Crippen molar-refractivity contribution in [1.82, 2.24) is 9.97 Å². The Balaban J connectivity index is 3.02. The highest BCUT2D eigenvalue weighted by atomic mass is 19.4. The molecule has 12 heavy (non-hydrogen) atoms. The zero-order valence-corrected chi connectivity index (χ0v) is 6.31. The Bertz CT molecular complexity index is 270. The Morgan fingerprint density at radius 1 is 1.50 bits per heavy atom. The molecule has 1 aromatic rings. The fourth-order valence-corrected chi connectivity index (χ4v) is 0.674. The van der Waals surface area contributed by atoms with Crippen molar-refractivity contribution in [2.24, 2.45) is 0 Å². The van der Waals surface area contributed by atoms with Gasteiger partial charge in [-0.2, -0.15) is 13.2 Å². The van der Waals surface area contributed by atoms with Crippen LogP contribution in [0.15, 0.2) is 6.20 Å². The predicted octanol–water partition coefficient (Wildman–Crippen LogP) is 1.86. The van der Waals surface area contributed by atoms with Gasteiger partial charge in [0, 0.05) is 18.7 Å². The van der Waals surface area contributed by atoms with Gasteiger partial charge in [-0.1, -0.05) is 6.92 Å². The minimum Gasteiger partial charge on any atom is -0.241 e. The summed E-state index contributed by atoms with van der Waals surface area (Å²) < 4.78 is 35.9. The monoisotopic (exact) mass is 175 g/mol. The molecule has 0 aliphatic carbocycles. The number of rotatable bonds is 1. The van der Waals surface area contributed by atoms with Crippen LogP contribution >= 0.6 is 0 Å². The number of halogens is 3. The third-order valence-electron chi connectivity index (χ3n) is 1.24. The highest BCUT2D eigenvalue weighted by molar-refractivity contribution is 5.04. The van der Waals surface area contributed by atoms with Gasteiger partial charge in [0.15, 0.2) is 5.69 Å². The van der Waals surface area contributed by atoms with Crippen LogP contribution < -0.4 is 0 Å². The van der Waals surface area contributed by atoms with Crippen LogP contribution in [-0.4, -0.2) is 9.97 Å². The van der Waals surface area contributed by atoms with E-state index in [0.29, 0.717) is 6.42 Å². The van der Waals surface area contributed by atoms with Crippen LogP contribution in [0.2, 0.25) is 0 Å². The van der Waals surface area contributed by atoms with E-state index in [9.17, 15) is 13.2 Å². The molecular weight excluding hydrogens is 169 g/mol. The first-order valence-corrected chi connectivity index (χ1v) is 3.35. The maximum Gasteiger partial charge on any atom is 0.434 e. The summed E-state index contributed by atoms with van der Waals surface area (Å²) in [6.07, 6.45) is -3.04. The van der Waals surface area contributed by atoms with Crippen molar-refractivity contribution in [2.75, 3.05) is 0 Å². The summed E-state index contributed by atoms with van der Waals surface area (Å²) in [6.45, 7) is 1.69. The molecule has 2 nitrogen and oxygen atoms in total. The second kappa shape index (κ2) is 3.08. The number of hydrogen-bond acceptors (Lipinski definition) is 2. The van der Waals surface area contributed by atoms with Gasteiger partial charge in [-0.25, -0.2) is 9.97 Å². The summed E-state index contributed by atoms with van der Waals surface area (Å²) in [5, 5.41) is 0. The fourth-order valence-electron chi connectivity index (χ4n) is 0.674. The molecule has 65 valence electrons. The molecule has 0 N–H and O–H groups in total. The van der Waals surface area contributed by atoms with Crippen LogP contribution in [0.3, 0.4) is 0 Å². The molecule has 1 radical (unpaired) electrons. The van der Waals surface area contributed by atoms with Crippen molar-refractivity contribution >= 4 is 0 Å². The van der Waals surface area contributed by atoms with Gasteiger partial charge >= 0.3 is 6.18 Å². The van der Waals surface area contributed by atoms with Gasteiger partial charge < -0.3 is 0 Å². The Hall–Kier alpha value is -1.13. The summed E-state index contributed by atoms with van der Waals surface area (Å²) in [4.78, 5) is 6.88. The van der Waals surface area contributed by atoms with Crippen LogP contribution in [0.5, 0.6) is 0 Å². The highest BCUT2D eigenvalue weighted by Gasteiger charge is 2.32. The Labute approximate surface area is 67.5 Å². The van der Waals surface area contributed by atoms with E-state index in [4.69, 9.17) is 0 Å². The first-order chi connectivity index (χ1) is 5.54. The van der Waals surface area contributed by atoms with E-state index in [0.717, 1.165) is 6.20 Å². The number of aryl methyl sites for hydroxylation is 1. The number of nitrogens with zero attached hydrogens (tertiary/aromatic N) is 2. The molecule has 0 aliphatic rings. The number of alkyl halides is 3. The molecule has 0 amide bonds. The van der Waals surface area contributed by atoms with Crippen molar-refractivity contribution in [3.05, 3.63) is 23.8 Å². The van der Waals surface area contributed by atoms with Crippen LogP contribution in [0, 0.1) is 6.07 Å². The van der Waals surface area contributed by atoms with E-state index in [1.807, 2.05) is 6.07 Å². The van der Waals surface area contributed by atoms with Crippen LogP contribution in [-0.2, 0) is 12.6 Å². The topological polar surface area (TPSA) is 25.8 Å². The average Bonchev–Trinajstić information content (AvgIpc) is 2.03. The average molecular weight is 175 g/mol. The first kappa shape index (κ1) is 8.96. The summed E-state index contributed by atoms with van der Waals surface area (Å²) in [6, 6.07) is 1.94. The molecular formula is C7H6F3N2. The molecule has 0 spiro atoms. The zero-order chi connectivity index (χ0) is 9.19. The molecule has 1 aromatic heterocycles. The Morgan fingerprint density at radius 3 is 2.67 bits per heavy atom. The lowest BCUT2D eigenvalue weighted by Crippen LogP contribution is -2.10. The Kier molecular flexibility index (Phi) is 2.30. The lowest BCUT2D eigenvalue weighted by molar-refractivity contribution is -0.141. The summed E-state index contributed by atoms with van der Waals surface area (Å²) >= 11 is 0. The lowest BCUT2D eigenvalue weighted by Gasteiger charge is -2.04. The standard InChI is InChI=1S/C7H6F3N2/c1-2-6-11-4-3-5(12-6)7(8,9)10/h4H,2H2,1H3. The van der Waals surface area contributed by atoms with Crippen LogP contribution in [0.1, 0.15) is 18.4 Å². The largest absolute Gasteiger partial charge is 0.434 e. The van der Waals surface area contributed by atoms with Gasteiger partial charge in [0.05, 0.1) is 0 Å². The number of hydrogen-bond donors (Lipinski definition) is 0. The van der Waals surface area contributed by atoms with Gasteiger partial charge in [0.2, 0.25) is 0 Å². The molecule has 1 rings (SSSR count). The molecule has 5 heteroatoms. The van der Waals surface area contributed by atoms with E-state index in [-0.39, 0.29) is 5.82 Å². The smallest absolute Gasteiger partial charge is 0.241 e. The number of aromatic nitrogens is 2. The van der Waals surface area contributed by atoms with Gasteiger partial charge in [-0.15, -0.1) is 0 Å². The molecule has 0 unspecified atom stereocenters. The van der Waals surface area contributed by atoms with E-state index in [1.165, 1.54) is 0 Å². The predicted molar refractivity (Wildman–Crippen MR) is 35.2 cm³/mol. The third kappa shape index (κ3) is 1.93. The summed E-state index contributed by atoms with van der Waals surface area (Å²) in [5.41, 5.74) is -1.01. The van der Waals surface area contributed by atoms with Gasteiger partial charge in [0.1, 0.15) is 5.82 Å². The minimum absolute atomic E-state index is 0.182. The van der Waals surface area contributed by atoms with Gasteiger partial charge in [0.25, 0.3) is 0 Å². The van der Waals surface area contributed by atoms with Crippen molar-refractivity contribution < 1.29 is 13.2 Å². The normalized spacial score (nSPS) is 11.7. The molecule has 0 saturated carbocycles. The quantitative estimate of drug-likeness (QED) is 0.651. The van der Waals surface area contributed by atoms with Crippen molar-refractivity contribution in [3.63, 3.8) is 0 Å². The van der Waals surface area contributed by atoms with E-state index < -0.39 is 11.9 Å². The van der Waals surface area contributed by atoms with Crippen LogP contribution in [0.25, 0.3) is 0 Å². The van der Waals surface area contributed by atoms with Crippen molar-refractivity contribution in [2.45, 2.75) is 19.5 Å². The second-order valence-corrected chi connectivity index (χ2v) is 2.13.